The lowest BCUT2D eigenvalue weighted by Crippen LogP contribution is -2.12. The molecule has 1 aliphatic rings. The van der Waals surface area contributed by atoms with Crippen LogP contribution in [0.25, 0.3) is 11.1 Å². The van der Waals surface area contributed by atoms with Crippen LogP contribution in [-0.2, 0) is 6.42 Å². The van der Waals surface area contributed by atoms with Crippen molar-refractivity contribution in [3.05, 3.63) is 41.2 Å². The number of nitrogens with zero attached hydrogens (tertiary/aromatic N) is 1. The average molecular weight is 383 g/mol. The fourth-order valence-corrected chi connectivity index (χ4v) is 4.23. The molecule has 1 atom stereocenters. The van der Waals surface area contributed by atoms with Crippen molar-refractivity contribution in [2.75, 3.05) is 0 Å². The van der Waals surface area contributed by atoms with E-state index in [2.05, 4.69) is 36.2 Å². The Labute approximate surface area is 169 Å². The SMILES string of the molecule is CCCCCc1cc(OC(C)C)c([C@@H]2C=C(C)CCC2)c(O)c1-c1cn[nH]c1. The van der Waals surface area contributed by atoms with Crippen LogP contribution in [0.5, 0.6) is 11.5 Å². The molecule has 0 saturated heterocycles. The van der Waals surface area contributed by atoms with Gasteiger partial charge in [-0.1, -0.05) is 31.4 Å². The van der Waals surface area contributed by atoms with Gasteiger partial charge in [0.1, 0.15) is 11.5 Å². The van der Waals surface area contributed by atoms with E-state index >= 15 is 0 Å². The number of unbranched alkanes of at least 4 members (excludes halogenated alkanes) is 2. The van der Waals surface area contributed by atoms with Gasteiger partial charge in [0.05, 0.1) is 12.3 Å². The van der Waals surface area contributed by atoms with Crippen LogP contribution in [0.2, 0.25) is 0 Å². The summed E-state index contributed by atoms with van der Waals surface area (Å²) in [6.07, 6.45) is 13.7. The zero-order valence-corrected chi connectivity index (χ0v) is 17.7. The molecule has 4 nitrogen and oxygen atoms in total. The van der Waals surface area contributed by atoms with Crippen LogP contribution >= 0.6 is 0 Å². The number of hydrogen-bond donors (Lipinski definition) is 2. The smallest absolute Gasteiger partial charge is 0.131 e. The summed E-state index contributed by atoms with van der Waals surface area (Å²) in [5.41, 5.74) is 5.32. The van der Waals surface area contributed by atoms with Gasteiger partial charge in [0.25, 0.3) is 0 Å². The van der Waals surface area contributed by atoms with Crippen LogP contribution < -0.4 is 4.74 Å². The monoisotopic (exact) mass is 382 g/mol. The van der Waals surface area contributed by atoms with E-state index in [4.69, 9.17) is 4.74 Å². The molecule has 28 heavy (non-hydrogen) atoms. The second-order valence-electron chi connectivity index (χ2n) is 8.29. The molecule has 3 rings (SSSR count). The van der Waals surface area contributed by atoms with E-state index in [1.807, 2.05) is 20.0 Å². The maximum absolute atomic E-state index is 11.5. The first-order valence-electron chi connectivity index (χ1n) is 10.7. The minimum atomic E-state index is 0.0649. The number of phenols is 1. The Balaban J connectivity index is 2.16. The number of benzene rings is 1. The van der Waals surface area contributed by atoms with E-state index in [1.165, 1.54) is 18.4 Å². The van der Waals surface area contributed by atoms with Gasteiger partial charge in [0.2, 0.25) is 0 Å². The number of phenolic OH excluding ortho intramolecular Hbond substituents is 1. The normalized spacial score (nSPS) is 17.0. The minimum Gasteiger partial charge on any atom is -0.507 e. The Morgan fingerprint density at radius 2 is 2.14 bits per heavy atom. The second kappa shape index (κ2) is 9.31. The summed E-state index contributed by atoms with van der Waals surface area (Å²) in [6, 6.07) is 2.17. The summed E-state index contributed by atoms with van der Waals surface area (Å²) >= 11 is 0. The minimum absolute atomic E-state index is 0.0649. The zero-order chi connectivity index (χ0) is 20.1. The molecule has 2 N–H and O–H groups in total. The number of ether oxygens (including phenoxy) is 1. The fourth-order valence-electron chi connectivity index (χ4n) is 4.23. The molecule has 0 radical (unpaired) electrons. The molecule has 2 aromatic rings. The van der Waals surface area contributed by atoms with Crippen molar-refractivity contribution in [3.8, 4) is 22.6 Å². The lowest BCUT2D eigenvalue weighted by atomic mass is 9.82. The van der Waals surface area contributed by atoms with Crippen molar-refractivity contribution in [2.45, 2.75) is 84.7 Å². The van der Waals surface area contributed by atoms with E-state index < -0.39 is 0 Å². The van der Waals surface area contributed by atoms with Crippen LogP contribution in [0.4, 0.5) is 0 Å². The van der Waals surface area contributed by atoms with Gasteiger partial charge < -0.3 is 9.84 Å². The Hall–Kier alpha value is -2.23. The molecule has 0 saturated carbocycles. The standard InChI is InChI=1S/C24H34N2O2/c1-5-6-7-10-19-13-21(28-16(2)3)23(18-11-8-9-17(4)12-18)24(27)22(19)20-14-25-26-15-20/h12-16,18,27H,5-11H2,1-4H3,(H,25,26)/t18-/m0/s1. The average Bonchev–Trinajstić information content (AvgIpc) is 3.15. The number of aromatic amines is 1. The number of aromatic nitrogens is 2. The van der Waals surface area contributed by atoms with E-state index in [0.717, 1.165) is 60.1 Å². The first-order chi connectivity index (χ1) is 13.5. The summed E-state index contributed by atoms with van der Waals surface area (Å²) in [7, 11) is 0. The molecule has 152 valence electrons. The molecule has 0 aliphatic heterocycles. The van der Waals surface area contributed by atoms with Crippen molar-refractivity contribution in [1.82, 2.24) is 10.2 Å². The molecule has 1 aromatic heterocycles. The topological polar surface area (TPSA) is 58.1 Å². The summed E-state index contributed by atoms with van der Waals surface area (Å²) in [6.45, 7) is 8.48. The van der Waals surface area contributed by atoms with Gasteiger partial charge >= 0.3 is 0 Å². The van der Waals surface area contributed by atoms with E-state index in [1.54, 1.807) is 6.20 Å². The number of aryl methyl sites for hydroxylation is 1. The summed E-state index contributed by atoms with van der Waals surface area (Å²) in [4.78, 5) is 0. The lowest BCUT2D eigenvalue weighted by molar-refractivity contribution is 0.237. The predicted molar refractivity (Wildman–Crippen MR) is 115 cm³/mol. The van der Waals surface area contributed by atoms with Crippen LogP contribution in [0.3, 0.4) is 0 Å². The zero-order valence-electron chi connectivity index (χ0n) is 17.7. The maximum Gasteiger partial charge on any atom is 0.131 e. The quantitative estimate of drug-likeness (QED) is 0.404. The second-order valence-corrected chi connectivity index (χ2v) is 8.29. The molecule has 4 heteroatoms. The molecular formula is C24H34N2O2. The molecule has 0 amide bonds. The van der Waals surface area contributed by atoms with E-state index in [-0.39, 0.29) is 12.0 Å². The van der Waals surface area contributed by atoms with E-state index in [9.17, 15) is 5.11 Å². The van der Waals surface area contributed by atoms with Crippen LogP contribution in [0.1, 0.15) is 83.3 Å². The van der Waals surface area contributed by atoms with E-state index in [0.29, 0.717) is 5.75 Å². The lowest BCUT2D eigenvalue weighted by Gasteiger charge is -2.26. The summed E-state index contributed by atoms with van der Waals surface area (Å²) in [5, 5.41) is 18.5. The van der Waals surface area contributed by atoms with Gasteiger partial charge in [0.15, 0.2) is 0 Å². The van der Waals surface area contributed by atoms with Gasteiger partial charge in [-0.15, -0.1) is 0 Å². The third kappa shape index (κ3) is 4.60. The van der Waals surface area contributed by atoms with Crippen molar-refractivity contribution in [2.24, 2.45) is 0 Å². The first-order valence-corrected chi connectivity index (χ1v) is 10.7. The van der Waals surface area contributed by atoms with Crippen LogP contribution in [0, 0.1) is 0 Å². The molecular weight excluding hydrogens is 348 g/mol. The highest BCUT2D eigenvalue weighted by molar-refractivity contribution is 5.77. The Morgan fingerprint density at radius 3 is 2.79 bits per heavy atom. The third-order valence-electron chi connectivity index (χ3n) is 5.53. The Bertz CT molecular complexity index is 807. The molecule has 0 fully saturated rings. The number of aromatic hydroxyl groups is 1. The van der Waals surface area contributed by atoms with Gasteiger partial charge in [-0.3, -0.25) is 5.10 Å². The Kier molecular flexibility index (Phi) is 6.82. The number of H-pyrrole nitrogens is 1. The molecule has 1 heterocycles. The predicted octanol–water partition coefficient (Wildman–Crippen LogP) is 6.52. The van der Waals surface area contributed by atoms with Crippen molar-refractivity contribution in [3.63, 3.8) is 0 Å². The highest BCUT2D eigenvalue weighted by Gasteiger charge is 2.27. The third-order valence-corrected chi connectivity index (χ3v) is 5.53. The Morgan fingerprint density at radius 1 is 1.32 bits per heavy atom. The maximum atomic E-state index is 11.5. The molecule has 0 unspecified atom stereocenters. The number of allylic oxidation sites excluding steroid dienone is 2. The van der Waals surface area contributed by atoms with Crippen molar-refractivity contribution in [1.29, 1.82) is 0 Å². The number of nitrogens with one attached hydrogen (secondary N) is 1. The van der Waals surface area contributed by atoms with Crippen LogP contribution in [0.15, 0.2) is 30.1 Å². The molecule has 1 aliphatic carbocycles. The van der Waals surface area contributed by atoms with Crippen LogP contribution in [-0.4, -0.2) is 21.4 Å². The fraction of sp³-hybridized carbons (Fsp3) is 0.542. The summed E-state index contributed by atoms with van der Waals surface area (Å²) < 4.78 is 6.22. The number of rotatable bonds is 8. The molecule has 0 spiro atoms. The van der Waals surface area contributed by atoms with Gasteiger partial charge in [-0.25, -0.2) is 0 Å². The van der Waals surface area contributed by atoms with Gasteiger partial charge in [-0.05, 0) is 64.5 Å². The van der Waals surface area contributed by atoms with Gasteiger partial charge in [-0.2, -0.15) is 5.10 Å². The molecule has 0 bridgehead atoms. The molecule has 1 aromatic carbocycles. The van der Waals surface area contributed by atoms with Crippen molar-refractivity contribution >= 4 is 0 Å². The number of hydrogen-bond acceptors (Lipinski definition) is 3. The van der Waals surface area contributed by atoms with Gasteiger partial charge in [0, 0.05) is 28.8 Å². The first kappa shape index (κ1) is 20.5. The van der Waals surface area contributed by atoms with Crippen molar-refractivity contribution < 1.29 is 9.84 Å². The summed E-state index contributed by atoms with van der Waals surface area (Å²) in [5.74, 6) is 1.39. The highest BCUT2D eigenvalue weighted by Crippen LogP contribution is 2.47. The highest BCUT2D eigenvalue weighted by atomic mass is 16.5. The largest absolute Gasteiger partial charge is 0.507 e.